The molecule has 0 aromatic carbocycles. The summed E-state index contributed by atoms with van der Waals surface area (Å²) in [5.41, 5.74) is 0. The molecular formula is C10H14F3NOS. The first-order chi connectivity index (χ1) is 7.43. The summed E-state index contributed by atoms with van der Waals surface area (Å²) < 4.78 is 41.2. The zero-order valence-electron chi connectivity index (χ0n) is 9.10. The molecular weight excluding hydrogens is 239 g/mol. The third kappa shape index (κ3) is 4.11. The Morgan fingerprint density at radius 3 is 2.56 bits per heavy atom. The van der Waals surface area contributed by atoms with Gasteiger partial charge in [-0.25, -0.2) is 0 Å². The van der Waals surface area contributed by atoms with Gasteiger partial charge in [0.05, 0.1) is 6.61 Å². The standard InChI is InChI=1S/C10H14F3NOS/c1-7(10(11,12)13)15-6-9-4-3-8(16-9)5-14-2/h3-4,7,14H,5-6H2,1-2H3. The highest BCUT2D eigenvalue weighted by Crippen LogP contribution is 2.24. The van der Waals surface area contributed by atoms with E-state index in [1.54, 1.807) is 6.07 Å². The van der Waals surface area contributed by atoms with Gasteiger partial charge < -0.3 is 10.1 Å². The third-order valence-electron chi connectivity index (χ3n) is 2.00. The molecule has 1 N–H and O–H groups in total. The lowest BCUT2D eigenvalue weighted by Gasteiger charge is -2.15. The molecule has 0 aliphatic rings. The Hall–Kier alpha value is -0.590. The second-order valence-corrected chi connectivity index (χ2v) is 4.65. The van der Waals surface area contributed by atoms with Gasteiger partial charge in [-0.15, -0.1) is 11.3 Å². The fourth-order valence-corrected chi connectivity index (χ4v) is 2.02. The number of thiophene rings is 1. The lowest BCUT2D eigenvalue weighted by atomic mass is 10.4. The van der Waals surface area contributed by atoms with E-state index in [9.17, 15) is 13.2 Å². The van der Waals surface area contributed by atoms with Gasteiger partial charge in [0.1, 0.15) is 0 Å². The van der Waals surface area contributed by atoms with Crippen molar-refractivity contribution < 1.29 is 17.9 Å². The Bertz CT molecular complexity index is 324. The van der Waals surface area contributed by atoms with Gasteiger partial charge in [0.25, 0.3) is 0 Å². The molecule has 0 saturated carbocycles. The molecule has 1 atom stereocenters. The Kier molecular flexibility index (Phi) is 4.76. The Labute approximate surface area is 96.4 Å². The molecule has 1 aromatic rings. The zero-order valence-corrected chi connectivity index (χ0v) is 9.91. The van der Waals surface area contributed by atoms with Gasteiger partial charge in [-0.05, 0) is 26.1 Å². The highest BCUT2D eigenvalue weighted by atomic mass is 32.1. The van der Waals surface area contributed by atoms with Crippen LogP contribution in [-0.4, -0.2) is 19.3 Å². The van der Waals surface area contributed by atoms with Crippen molar-refractivity contribution in [2.45, 2.75) is 32.4 Å². The molecule has 92 valence electrons. The third-order valence-corrected chi connectivity index (χ3v) is 3.06. The molecule has 6 heteroatoms. The van der Waals surface area contributed by atoms with Gasteiger partial charge in [0, 0.05) is 16.3 Å². The molecule has 0 fully saturated rings. The monoisotopic (exact) mass is 253 g/mol. The van der Waals surface area contributed by atoms with Crippen LogP contribution in [0.3, 0.4) is 0 Å². The van der Waals surface area contributed by atoms with Crippen molar-refractivity contribution in [1.29, 1.82) is 0 Å². The Balaban J connectivity index is 2.42. The van der Waals surface area contributed by atoms with Crippen LogP contribution in [0.25, 0.3) is 0 Å². The average Bonchev–Trinajstić information content (AvgIpc) is 2.61. The van der Waals surface area contributed by atoms with E-state index < -0.39 is 12.3 Å². The average molecular weight is 253 g/mol. The molecule has 0 radical (unpaired) electrons. The smallest absolute Gasteiger partial charge is 0.364 e. The summed E-state index contributed by atoms with van der Waals surface area (Å²) in [4.78, 5) is 1.89. The quantitative estimate of drug-likeness (QED) is 0.871. The van der Waals surface area contributed by atoms with E-state index in [1.165, 1.54) is 11.3 Å². The minimum Gasteiger partial charge on any atom is -0.364 e. The molecule has 1 aromatic heterocycles. The normalized spacial score (nSPS) is 14.1. The van der Waals surface area contributed by atoms with Crippen LogP contribution in [0.5, 0.6) is 0 Å². The van der Waals surface area contributed by atoms with E-state index in [0.717, 1.165) is 23.2 Å². The number of hydrogen-bond acceptors (Lipinski definition) is 3. The molecule has 1 heterocycles. The molecule has 0 amide bonds. The molecule has 16 heavy (non-hydrogen) atoms. The molecule has 1 unspecified atom stereocenters. The fourth-order valence-electron chi connectivity index (χ4n) is 1.07. The lowest BCUT2D eigenvalue weighted by molar-refractivity contribution is -0.217. The van der Waals surface area contributed by atoms with Gasteiger partial charge in [-0.3, -0.25) is 0 Å². The van der Waals surface area contributed by atoms with Crippen molar-refractivity contribution in [3.05, 3.63) is 21.9 Å². The van der Waals surface area contributed by atoms with E-state index in [4.69, 9.17) is 4.74 Å². The molecule has 0 aliphatic carbocycles. The number of halogens is 3. The van der Waals surface area contributed by atoms with Crippen LogP contribution in [0, 0.1) is 0 Å². The maximum Gasteiger partial charge on any atom is 0.414 e. The first-order valence-corrected chi connectivity index (χ1v) is 5.65. The highest BCUT2D eigenvalue weighted by Gasteiger charge is 2.36. The van der Waals surface area contributed by atoms with E-state index in [1.807, 2.05) is 13.1 Å². The summed E-state index contributed by atoms with van der Waals surface area (Å²) in [5.74, 6) is 0. The number of ether oxygens (including phenoxy) is 1. The van der Waals surface area contributed by atoms with Gasteiger partial charge in [-0.2, -0.15) is 13.2 Å². The Morgan fingerprint density at radius 1 is 1.38 bits per heavy atom. The molecule has 0 spiro atoms. The largest absolute Gasteiger partial charge is 0.414 e. The van der Waals surface area contributed by atoms with Crippen LogP contribution in [0.1, 0.15) is 16.7 Å². The summed E-state index contributed by atoms with van der Waals surface area (Å²) in [6, 6.07) is 3.68. The van der Waals surface area contributed by atoms with Crippen LogP contribution in [0.15, 0.2) is 12.1 Å². The van der Waals surface area contributed by atoms with Crippen LogP contribution in [-0.2, 0) is 17.9 Å². The molecule has 1 rings (SSSR count). The van der Waals surface area contributed by atoms with E-state index >= 15 is 0 Å². The van der Waals surface area contributed by atoms with Gasteiger partial charge >= 0.3 is 6.18 Å². The second kappa shape index (κ2) is 5.65. The first-order valence-electron chi connectivity index (χ1n) is 4.84. The number of nitrogens with one attached hydrogen (secondary N) is 1. The minimum absolute atomic E-state index is 0.00899. The predicted octanol–water partition coefficient (Wildman–Crippen LogP) is 2.93. The maximum absolute atomic E-state index is 12.1. The number of rotatable bonds is 5. The topological polar surface area (TPSA) is 21.3 Å². The van der Waals surface area contributed by atoms with Crippen LogP contribution < -0.4 is 5.32 Å². The van der Waals surface area contributed by atoms with E-state index in [2.05, 4.69) is 5.32 Å². The van der Waals surface area contributed by atoms with Crippen molar-refractivity contribution in [3.63, 3.8) is 0 Å². The Morgan fingerprint density at radius 2 is 2.00 bits per heavy atom. The van der Waals surface area contributed by atoms with Crippen molar-refractivity contribution in [2.75, 3.05) is 7.05 Å². The SMILES string of the molecule is CNCc1ccc(COC(C)C(F)(F)F)s1. The van der Waals surface area contributed by atoms with Crippen molar-refractivity contribution in [3.8, 4) is 0 Å². The van der Waals surface area contributed by atoms with Crippen molar-refractivity contribution in [2.24, 2.45) is 0 Å². The maximum atomic E-state index is 12.1. The molecule has 2 nitrogen and oxygen atoms in total. The molecule has 0 aliphatic heterocycles. The van der Waals surface area contributed by atoms with Crippen molar-refractivity contribution in [1.82, 2.24) is 5.32 Å². The van der Waals surface area contributed by atoms with Gasteiger partial charge in [0.2, 0.25) is 0 Å². The second-order valence-electron chi connectivity index (χ2n) is 3.39. The van der Waals surface area contributed by atoms with Crippen LogP contribution in [0.4, 0.5) is 13.2 Å². The molecule has 0 saturated heterocycles. The predicted molar refractivity (Wildman–Crippen MR) is 57.4 cm³/mol. The fraction of sp³-hybridized carbons (Fsp3) is 0.600. The molecule has 0 bridgehead atoms. The summed E-state index contributed by atoms with van der Waals surface area (Å²) in [6.07, 6.45) is -6.01. The van der Waals surface area contributed by atoms with E-state index in [-0.39, 0.29) is 6.61 Å². The number of alkyl halides is 3. The van der Waals surface area contributed by atoms with Crippen LogP contribution >= 0.6 is 11.3 Å². The lowest BCUT2D eigenvalue weighted by Crippen LogP contribution is -2.28. The highest BCUT2D eigenvalue weighted by molar-refractivity contribution is 7.11. The minimum atomic E-state index is -4.29. The van der Waals surface area contributed by atoms with E-state index in [0.29, 0.717) is 0 Å². The van der Waals surface area contributed by atoms with Gasteiger partial charge in [0.15, 0.2) is 6.10 Å². The summed E-state index contributed by atoms with van der Waals surface area (Å²) in [6.45, 7) is 1.75. The zero-order chi connectivity index (χ0) is 12.2. The van der Waals surface area contributed by atoms with Crippen molar-refractivity contribution >= 4 is 11.3 Å². The summed E-state index contributed by atoms with van der Waals surface area (Å²) in [5, 5.41) is 2.98. The van der Waals surface area contributed by atoms with Crippen LogP contribution in [0.2, 0.25) is 0 Å². The number of hydrogen-bond donors (Lipinski definition) is 1. The summed E-state index contributed by atoms with van der Waals surface area (Å²) >= 11 is 1.46. The summed E-state index contributed by atoms with van der Waals surface area (Å²) in [7, 11) is 1.82. The first kappa shape index (κ1) is 13.5. The van der Waals surface area contributed by atoms with Gasteiger partial charge in [-0.1, -0.05) is 0 Å².